The number of carbonyl (C=O) groups excluding carboxylic acids is 1. The molecule has 1 fully saturated rings. The number of nitrogens with one attached hydrogen (secondary N) is 1. The number of aromatic nitrogens is 4. The van der Waals surface area contributed by atoms with Crippen LogP contribution in [-0.4, -0.2) is 49.7 Å². The van der Waals surface area contributed by atoms with Gasteiger partial charge in [0.15, 0.2) is 5.13 Å². The van der Waals surface area contributed by atoms with Crippen LogP contribution in [0.3, 0.4) is 0 Å². The summed E-state index contributed by atoms with van der Waals surface area (Å²) in [6, 6.07) is 0.330. The lowest BCUT2D eigenvalue weighted by atomic mass is 10.0. The monoisotopic (exact) mass is 334 g/mol. The molecule has 8 heteroatoms. The van der Waals surface area contributed by atoms with Crippen LogP contribution in [-0.2, 0) is 11.3 Å². The maximum atomic E-state index is 12.3. The zero-order chi connectivity index (χ0) is 16.2. The van der Waals surface area contributed by atoms with Crippen molar-refractivity contribution < 1.29 is 4.79 Å². The second-order valence-electron chi connectivity index (χ2n) is 5.95. The van der Waals surface area contributed by atoms with Gasteiger partial charge in [0.2, 0.25) is 5.91 Å². The van der Waals surface area contributed by atoms with E-state index in [2.05, 4.69) is 25.3 Å². The molecule has 2 aromatic rings. The number of hydrogen-bond acceptors (Lipinski definition) is 6. The van der Waals surface area contributed by atoms with E-state index in [0.717, 1.165) is 36.5 Å². The first kappa shape index (κ1) is 16.1. The number of piperidine rings is 1. The number of rotatable bonds is 5. The molecule has 0 aromatic carbocycles. The molecule has 1 aliphatic heterocycles. The molecule has 0 unspecified atom stereocenters. The van der Waals surface area contributed by atoms with E-state index < -0.39 is 0 Å². The van der Waals surface area contributed by atoms with Gasteiger partial charge in [-0.05, 0) is 33.2 Å². The second-order valence-corrected chi connectivity index (χ2v) is 7.15. The van der Waals surface area contributed by atoms with Crippen molar-refractivity contribution in [3.8, 4) is 0 Å². The highest BCUT2D eigenvalue weighted by molar-refractivity contribution is 7.15. The highest BCUT2D eigenvalue weighted by Gasteiger charge is 2.25. The van der Waals surface area contributed by atoms with Crippen LogP contribution in [0.25, 0.3) is 0 Å². The van der Waals surface area contributed by atoms with Crippen LogP contribution in [0.5, 0.6) is 0 Å². The van der Waals surface area contributed by atoms with Gasteiger partial charge in [-0.1, -0.05) is 6.42 Å². The fraction of sp³-hybridized carbons (Fsp3) is 0.600. The van der Waals surface area contributed by atoms with Gasteiger partial charge in [-0.15, -0.1) is 11.3 Å². The predicted molar refractivity (Wildman–Crippen MR) is 89.5 cm³/mol. The van der Waals surface area contributed by atoms with Crippen molar-refractivity contribution in [1.29, 1.82) is 0 Å². The van der Waals surface area contributed by atoms with E-state index in [9.17, 15) is 4.79 Å². The van der Waals surface area contributed by atoms with Gasteiger partial charge in [0, 0.05) is 10.9 Å². The third-order valence-electron chi connectivity index (χ3n) is 4.24. The lowest BCUT2D eigenvalue weighted by Crippen LogP contribution is -2.46. The molecule has 7 nitrogen and oxygen atoms in total. The Labute approximate surface area is 139 Å². The van der Waals surface area contributed by atoms with Gasteiger partial charge in [-0.25, -0.2) is 9.97 Å². The average molecular weight is 334 g/mol. The van der Waals surface area contributed by atoms with E-state index in [0.29, 0.717) is 17.7 Å². The molecular formula is C15H22N6OS. The summed E-state index contributed by atoms with van der Waals surface area (Å²) in [5.41, 5.74) is 0.979. The highest BCUT2D eigenvalue weighted by atomic mass is 32.1. The third kappa shape index (κ3) is 4.14. The number of anilines is 1. The smallest absolute Gasteiger partial charge is 0.240 e. The summed E-state index contributed by atoms with van der Waals surface area (Å²) in [7, 11) is 0. The molecule has 1 aliphatic rings. The molecule has 1 atom stereocenters. The normalized spacial score (nSPS) is 19.0. The van der Waals surface area contributed by atoms with Gasteiger partial charge in [0.05, 0.1) is 18.8 Å². The van der Waals surface area contributed by atoms with Crippen molar-refractivity contribution in [2.45, 2.75) is 45.7 Å². The number of nitrogens with zero attached hydrogens (tertiary/aromatic N) is 5. The molecule has 0 aliphatic carbocycles. The molecule has 0 radical (unpaired) electrons. The number of carbonyl (C=O) groups is 1. The summed E-state index contributed by atoms with van der Waals surface area (Å²) >= 11 is 1.53. The minimum atomic E-state index is 0.00393. The Morgan fingerprint density at radius 2 is 2.30 bits per heavy atom. The number of likely N-dealkylation sites (tertiary alicyclic amines) is 1. The lowest BCUT2D eigenvalue weighted by Gasteiger charge is -2.34. The zero-order valence-corrected chi connectivity index (χ0v) is 14.3. The fourth-order valence-corrected chi connectivity index (χ4v) is 3.72. The van der Waals surface area contributed by atoms with Crippen molar-refractivity contribution in [3.63, 3.8) is 0 Å². The number of hydrogen-bond donors (Lipinski definition) is 1. The van der Waals surface area contributed by atoms with Gasteiger partial charge in [0.25, 0.3) is 0 Å². The molecule has 1 saturated heterocycles. The van der Waals surface area contributed by atoms with Crippen LogP contribution < -0.4 is 5.32 Å². The predicted octanol–water partition coefficient (Wildman–Crippen LogP) is 1.84. The molecule has 0 spiro atoms. The Morgan fingerprint density at radius 1 is 1.43 bits per heavy atom. The number of amides is 1. The zero-order valence-electron chi connectivity index (χ0n) is 13.5. The van der Waals surface area contributed by atoms with Gasteiger partial charge in [-0.3, -0.25) is 14.4 Å². The third-order valence-corrected chi connectivity index (χ3v) is 5.22. The van der Waals surface area contributed by atoms with E-state index in [1.807, 2.05) is 18.5 Å². The molecule has 23 heavy (non-hydrogen) atoms. The van der Waals surface area contributed by atoms with Crippen molar-refractivity contribution >= 4 is 22.4 Å². The average Bonchev–Trinajstić information content (AvgIpc) is 3.12. The Balaban J connectivity index is 1.58. The first-order chi connectivity index (χ1) is 11.1. The van der Waals surface area contributed by atoms with Crippen LogP contribution >= 0.6 is 11.3 Å². The van der Waals surface area contributed by atoms with Gasteiger partial charge in [0.1, 0.15) is 12.7 Å². The van der Waals surface area contributed by atoms with Gasteiger partial charge >= 0.3 is 0 Å². The molecule has 0 bridgehead atoms. The maximum Gasteiger partial charge on any atom is 0.240 e. The van der Waals surface area contributed by atoms with Crippen molar-refractivity contribution in [1.82, 2.24) is 24.6 Å². The molecule has 2 aromatic heterocycles. The minimum Gasteiger partial charge on any atom is -0.301 e. The molecule has 1 amide bonds. The summed E-state index contributed by atoms with van der Waals surface area (Å²) < 4.78 is 1.84. The Morgan fingerprint density at radius 3 is 3.00 bits per heavy atom. The highest BCUT2D eigenvalue weighted by Crippen LogP contribution is 2.22. The van der Waals surface area contributed by atoms with Crippen molar-refractivity contribution in [2.24, 2.45) is 0 Å². The topological polar surface area (TPSA) is 75.9 Å². The maximum absolute atomic E-state index is 12.3. The van der Waals surface area contributed by atoms with Crippen molar-refractivity contribution in [2.75, 3.05) is 18.4 Å². The van der Waals surface area contributed by atoms with Gasteiger partial charge < -0.3 is 5.32 Å². The van der Waals surface area contributed by atoms with E-state index in [-0.39, 0.29) is 5.91 Å². The van der Waals surface area contributed by atoms with Crippen molar-refractivity contribution in [3.05, 3.63) is 23.2 Å². The second kappa shape index (κ2) is 7.18. The van der Waals surface area contributed by atoms with Crippen LogP contribution in [0.4, 0.5) is 5.13 Å². The van der Waals surface area contributed by atoms with E-state index in [1.165, 1.54) is 17.8 Å². The summed E-state index contributed by atoms with van der Waals surface area (Å²) in [4.78, 5) is 24.1. The summed E-state index contributed by atoms with van der Waals surface area (Å²) in [6.07, 6.45) is 6.70. The van der Waals surface area contributed by atoms with Gasteiger partial charge in [-0.2, -0.15) is 5.10 Å². The molecule has 3 heterocycles. The Bertz CT molecular complexity index is 633. The Hall–Kier alpha value is -1.80. The summed E-state index contributed by atoms with van der Waals surface area (Å²) in [5.74, 6) is 0.00393. The summed E-state index contributed by atoms with van der Waals surface area (Å²) in [6.45, 7) is 6.10. The quantitative estimate of drug-likeness (QED) is 0.903. The molecule has 3 rings (SSSR count). The largest absolute Gasteiger partial charge is 0.301 e. The minimum absolute atomic E-state index is 0.00393. The van der Waals surface area contributed by atoms with Crippen LogP contribution in [0, 0.1) is 13.8 Å². The van der Waals surface area contributed by atoms with E-state index in [1.54, 1.807) is 12.7 Å². The Kier molecular flexibility index (Phi) is 5.02. The van der Waals surface area contributed by atoms with Crippen LogP contribution in [0.15, 0.2) is 12.7 Å². The standard InChI is InChI=1S/C15H22N6OS/c1-11-12(2)23-15(18-11)19-14(22)8-20-6-4-3-5-13(20)7-21-10-16-9-17-21/h9-10,13H,3-8H2,1-2H3,(H,18,19,22)/t13-/m1/s1. The summed E-state index contributed by atoms with van der Waals surface area (Å²) in [5, 5.41) is 7.79. The first-order valence-electron chi connectivity index (χ1n) is 7.92. The molecular weight excluding hydrogens is 312 g/mol. The molecule has 1 N–H and O–H groups in total. The first-order valence-corrected chi connectivity index (χ1v) is 8.74. The van der Waals surface area contributed by atoms with Crippen LogP contribution in [0.2, 0.25) is 0 Å². The van der Waals surface area contributed by atoms with E-state index >= 15 is 0 Å². The SMILES string of the molecule is Cc1nc(NC(=O)CN2CCCC[C@@H]2Cn2cncn2)sc1C. The molecule has 0 saturated carbocycles. The molecule has 124 valence electrons. The number of aryl methyl sites for hydroxylation is 2. The lowest BCUT2D eigenvalue weighted by molar-refractivity contribution is -0.118. The van der Waals surface area contributed by atoms with E-state index in [4.69, 9.17) is 0 Å². The fourth-order valence-electron chi connectivity index (χ4n) is 2.89. The van der Waals surface area contributed by atoms with Crippen LogP contribution in [0.1, 0.15) is 29.8 Å². The number of thiazole rings is 1.